The molecule has 0 spiro atoms. The Morgan fingerprint density at radius 2 is 1.84 bits per heavy atom. The molecule has 1 amide bonds. The fourth-order valence-corrected chi connectivity index (χ4v) is 3.74. The molecule has 0 aliphatic carbocycles. The summed E-state index contributed by atoms with van der Waals surface area (Å²) in [5, 5.41) is 12.4. The number of hydrogen-bond donors (Lipinski definition) is 1. The molecule has 0 unspecified atom stereocenters. The lowest BCUT2D eigenvalue weighted by Crippen LogP contribution is -2.14. The summed E-state index contributed by atoms with van der Waals surface area (Å²) in [7, 11) is 1.32. The quantitative estimate of drug-likeness (QED) is 0.249. The van der Waals surface area contributed by atoms with Crippen LogP contribution in [0.2, 0.25) is 5.02 Å². The first kappa shape index (κ1) is 21.7. The highest BCUT2D eigenvalue weighted by atomic mass is 35.5. The zero-order chi connectivity index (χ0) is 22.5. The van der Waals surface area contributed by atoms with Gasteiger partial charge in [0.15, 0.2) is 11.2 Å². The van der Waals surface area contributed by atoms with Crippen molar-refractivity contribution in [1.29, 1.82) is 0 Å². The predicted molar refractivity (Wildman–Crippen MR) is 121 cm³/mol. The highest BCUT2D eigenvalue weighted by Crippen LogP contribution is 2.23. The van der Waals surface area contributed by atoms with Crippen LogP contribution in [-0.2, 0) is 16.1 Å². The molecular weight excluding hydrogens is 452 g/mol. The number of hydrogen-bond acceptors (Lipinski definition) is 8. The van der Waals surface area contributed by atoms with E-state index in [0.29, 0.717) is 39.0 Å². The van der Waals surface area contributed by atoms with Crippen LogP contribution in [0.3, 0.4) is 0 Å². The molecule has 0 bridgehead atoms. The van der Waals surface area contributed by atoms with Crippen LogP contribution in [0.1, 0.15) is 15.9 Å². The van der Waals surface area contributed by atoms with Gasteiger partial charge in [-0.25, -0.2) is 19.4 Å². The number of halogens is 1. The Labute approximate surface area is 192 Å². The van der Waals surface area contributed by atoms with E-state index in [0.717, 1.165) is 5.56 Å². The van der Waals surface area contributed by atoms with Crippen LogP contribution in [0.25, 0.3) is 11.2 Å². The number of carbonyl (C=O) groups is 2. The molecule has 2 aromatic carbocycles. The summed E-state index contributed by atoms with van der Waals surface area (Å²) in [4.78, 5) is 32.4. The van der Waals surface area contributed by atoms with E-state index >= 15 is 0 Å². The van der Waals surface area contributed by atoms with E-state index in [1.54, 1.807) is 28.9 Å². The van der Waals surface area contributed by atoms with Crippen LogP contribution >= 0.6 is 23.4 Å². The number of aromatic nitrogens is 5. The van der Waals surface area contributed by atoms with Crippen molar-refractivity contribution >= 4 is 52.1 Å². The average Bonchev–Trinajstić information content (AvgIpc) is 3.22. The minimum atomic E-state index is -0.435. The Kier molecular flexibility index (Phi) is 6.62. The van der Waals surface area contributed by atoms with Gasteiger partial charge in [0.05, 0.1) is 25.0 Å². The lowest BCUT2D eigenvalue weighted by atomic mass is 10.2. The highest BCUT2D eigenvalue weighted by molar-refractivity contribution is 8.00. The van der Waals surface area contributed by atoms with E-state index in [4.69, 9.17) is 11.6 Å². The molecule has 1 N–H and O–H groups in total. The van der Waals surface area contributed by atoms with Gasteiger partial charge in [0, 0.05) is 10.7 Å². The molecule has 11 heteroatoms. The maximum atomic E-state index is 12.4. The third kappa shape index (κ3) is 5.04. The van der Waals surface area contributed by atoms with Gasteiger partial charge in [-0.3, -0.25) is 4.79 Å². The molecule has 0 saturated carbocycles. The van der Waals surface area contributed by atoms with E-state index in [2.05, 4.69) is 30.3 Å². The van der Waals surface area contributed by atoms with Crippen molar-refractivity contribution in [2.24, 2.45) is 0 Å². The summed E-state index contributed by atoms with van der Waals surface area (Å²) in [5.41, 5.74) is 3.10. The molecule has 0 fully saturated rings. The molecule has 32 heavy (non-hydrogen) atoms. The second kappa shape index (κ2) is 9.75. The highest BCUT2D eigenvalue weighted by Gasteiger charge is 2.14. The van der Waals surface area contributed by atoms with Gasteiger partial charge in [0.1, 0.15) is 11.4 Å². The van der Waals surface area contributed by atoms with Gasteiger partial charge in [-0.1, -0.05) is 40.7 Å². The summed E-state index contributed by atoms with van der Waals surface area (Å²) < 4.78 is 6.33. The van der Waals surface area contributed by atoms with Gasteiger partial charge in [0.25, 0.3) is 0 Å². The SMILES string of the molecule is COC(=O)c1ccc(NC(=O)CSc2ncnc3c2nnn3Cc2ccc(Cl)cc2)cc1. The third-order valence-corrected chi connectivity index (χ3v) is 5.67. The van der Waals surface area contributed by atoms with Crippen LogP contribution in [0.15, 0.2) is 59.9 Å². The van der Waals surface area contributed by atoms with E-state index in [1.807, 2.05) is 24.3 Å². The van der Waals surface area contributed by atoms with Crippen molar-refractivity contribution in [2.75, 3.05) is 18.2 Å². The summed E-state index contributed by atoms with van der Waals surface area (Å²) in [6.45, 7) is 0.483. The number of rotatable bonds is 7. The number of carbonyl (C=O) groups excluding carboxylic acids is 2. The van der Waals surface area contributed by atoms with Crippen LogP contribution in [0.5, 0.6) is 0 Å². The monoisotopic (exact) mass is 468 g/mol. The van der Waals surface area contributed by atoms with E-state index in [9.17, 15) is 9.59 Å². The molecule has 0 aliphatic rings. The van der Waals surface area contributed by atoms with Gasteiger partial charge in [-0.15, -0.1) is 5.10 Å². The summed E-state index contributed by atoms with van der Waals surface area (Å²) in [5.74, 6) is -0.536. The maximum Gasteiger partial charge on any atom is 0.337 e. The van der Waals surface area contributed by atoms with Crippen molar-refractivity contribution in [1.82, 2.24) is 25.0 Å². The van der Waals surface area contributed by atoms with Gasteiger partial charge < -0.3 is 10.1 Å². The molecule has 0 radical (unpaired) electrons. The Bertz CT molecular complexity index is 1260. The topological polar surface area (TPSA) is 112 Å². The van der Waals surface area contributed by atoms with Gasteiger partial charge in [-0.05, 0) is 42.0 Å². The number of benzene rings is 2. The largest absolute Gasteiger partial charge is 0.465 e. The molecule has 4 rings (SSSR count). The zero-order valence-corrected chi connectivity index (χ0v) is 18.4. The fraction of sp³-hybridized carbons (Fsp3) is 0.143. The number of fused-ring (bicyclic) bond motifs is 1. The maximum absolute atomic E-state index is 12.4. The summed E-state index contributed by atoms with van der Waals surface area (Å²) in [6.07, 6.45) is 1.43. The summed E-state index contributed by atoms with van der Waals surface area (Å²) >= 11 is 7.18. The van der Waals surface area contributed by atoms with Gasteiger partial charge >= 0.3 is 5.97 Å². The van der Waals surface area contributed by atoms with Crippen LogP contribution in [0.4, 0.5) is 5.69 Å². The molecule has 162 valence electrons. The van der Waals surface area contributed by atoms with Gasteiger partial charge in [0.2, 0.25) is 5.91 Å². The second-order valence-electron chi connectivity index (χ2n) is 6.63. The number of anilines is 1. The summed E-state index contributed by atoms with van der Waals surface area (Å²) in [6, 6.07) is 13.9. The van der Waals surface area contributed by atoms with E-state index < -0.39 is 5.97 Å². The fourth-order valence-electron chi connectivity index (χ4n) is 2.88. The van der Waals surface area contributed by atoms with E-state index in [1.165, 1.54) is 25.2 Å². The number of nitrogens with one attached hydrogen (secondary N) is 1. The lowest BCUT2D eigenvalue weighted by Gasteiger charge is -2.06. The zero-order valence-electron chi connectivity index (χ0n) is 16.9. The normalized spacial score (nSPS) is 10.8. The Morgan fingerprint density at radius 3 is 2.56 bits per heavy atom. The van der Waals surface area contributed by atoms with Crippen molar-refractivity contribution in [3.63, 3.8) is 0 Å². The smallest absolute Gasteiger partial charge is 0.337 e. The Morgan fingerprint density at radius 1 is 1.09 bits per heavy atom. The molecule has 0 saturated heterocycles. The average molecular weight is 469 g/mol. The first-order chi connectivity index (χ1) is 15.5. The Balaban J connectivity index is 1.41. The number of thioether (sulfide) groups is 1. The number of methoxy groups -OCH3 is 1. The van der Waals surface area contributed by atoms with Crippen molar-refractivity contribution < 1.29 is 14.3 Å². The molecular formula is C21H17ClN6O3S. The number of esters is 1. The minimum Gasteiger partial charge on any atom is -0.465 e. The standard InChI is InChI=1S/C21H17ClN6O3S/c1-31-21(30)14-4-8-16(9-5-14)25-17(29)11-32-20-18-19(23-12-24-20)28(27-26-18)10-13-2-6-15(22)7-3-13/h2-9,12H,10-11H2,1H3,(H,25,29). The van der Waals surface area contributed by atoms with Crippen molar-refractivity contribution in [3.8, 4) is 0 Å². The molecule has 9 nitrogen and oxygen atoms in total. The molecule has 2 aromatic heterocycles. The molecule has 4 aromatic rings. The second-order valence-corrected chi connectivity index (χ2v) is 8.03. The molecule has 2 heterocycles. The Hall–Kier alpha value is -3.50. The first-order valence-corrected chi connectivity index (χ1v) is 10.8. The van der Waals surface area contributed by atoms with Crippen molar-refractivity contribution in [3.05, 3.63) is 71.0 Å². The third-order valence-electron chi connectivity index (χ3n) is 4.44. The van der Waals surface area contributed by atoms with E-state index in [-0.39, 0.29) is 11.7 Å². The first-order valence-electron chi connectivity index (χ1n) is 9.43. The predicted octanol–water partition coefficient (Wildman–Crippen LogP) is 3.44. The lowest BCUT2D eigenvalue weighted by molar-refractivity contribution is -0.113. The van der Waals surface area contributed by atoms with Crippen molar-refractivity contribution in [2.45, 2.75) is 11.6 Å². The number of ether oxygens (including phenoxy) is 1. The molecule has 0 aliphatic heterocycles. The number of nitrogens with zero attached hydrogens (tertiary/aromatic N) is 5. The van der Waals surface area contributed by atoms with Crippen LogP contribution in [0, 0.1) is 0 Å². The minimum absolute atomic E-state index is 0.120. The van der Waals surface area contributed by atoms with Crippen LogP contribution in [-0.4, -0.2) is 49.7 Å². The molecule has 0 atom stereocenters. The number of amides is 1. The van der Waals surface area contributed by atoms with Crippen LogP contribution < -0.4 is 5.32 Å². The van der Waals surface area contributed by atoms with Gasteiger partial charge in [-0.2, -0.15) is 0 Å².